The lowest BCUT2D eigenvalue weighted by molar-refractivity contribution is -0.134. The van der Waals surface area contributed by atoms with E-state index in [0.29, 0.717) is 6.04 Å². The zero-order valence-corrected chi connectivity index (χ0v) is 15.0. The summed E-state index contributed by atoms with van der Waals surface area (Å²) >= 11 is 0. The molecule has 3 heteroatoms. The molecule has 2 aromatic carbocycles. The van der Waals surface area contributed by atoms with Crippen LogP contribution < -0.4 is 0 Å². The quantitative estimate of drug-likeness (QED) is 0.864. The van der Waals surface area contributed by atoms with Gasteiger partial charge in [-0.05, 0) is 43.6 Å². The van der Waals surface area contributed by atoms with Crippen molar-refractivity contribution in [3.8, 4) is 0 Å². The van der Waals surface area contributed by atoms with Gasteiger partial charge in [-0.15, -0.1) is 0 Å². The highest BCUT2D eigenvalue weighted by Gasteiger charge is 2.47. The maximum absolute atomic E-state index is 13.4. The Labute approximate surface area is 144 Å². The molecule has 24 heavy (non-hydrogen) atoms. The monoisotopic (exact) mass is 322 g/mol. The highest BCUT2D eigenvalue weighted by molar-refractivity contribution is 5.92. The molecule has 2 atom stereocenters. The van der Waals surface area contributed by atoms with E-state index in [2.05, 4.69) is 55.4 Å². The molecule has 0 saturated heterocycles. The third-order valence-corrected chi connectivity index (χ3v) is 5.23. The minimum Gasteiger partial charge on any atom is -0.348 e. The van der Waals surface area contributed by atoms with E-state index in [1.165, 1.54) is 5.56 Å². The van der Waals surface area contributed by atoms with Gasteiger partial charge in [-0.2, -0.15) is 0 Å². The second-order valence-corrected chi connectivity index (χ2v) is 7.08. The fraction of sp³-hybridized carbons (Fsp3) is 0.381. The number of carbonyl (C=O) groups is 1. The van der Waals surface area contributed by atoms with Crippen LogP contribution in [-0.4, -0.2) is 43.9 Å². The number of fused-ring (bicyclic) bond motifs is 1. The fourth-order valence-electron chi connectivity index (χ4n) is 4.11. The summed E-state index contributed by atoms with van der Waals surface area (Å²) in [4.78, 5) is 17.4. The normalized spacial score (nSPS) is 23.0. The van der Waals surface area contributed by atoms with Crippen molar-refractivity contribution in [1.29, 1.82) is 0 Å². The SMILES string of the molecule is CN(C)C(=O)[C@@]1(c2ccccc2)CC[C@H](N(C)C)c2ccccc21. The van der Waals surface area contributed by atoms with Crippen molar-refractivity contribution in [3.05, 3.63) is 71.3 Å². The highest BCUT2D eigenvalue weighted by atomic mass is 16.2. The Balaban J connectivity index is 2.27. The van der Waals surface area contributed by atoms with Crippen molar-refractivity contribution in [3.63, 3.8) is 0 Å². The fourth-order valence-corrected chi connectivity index (χ4v) is 4.11. The summed E-state index contributed by atoms with van der Waals surface area (Å²) in [5, 5.41) is 0. The van der Waals surface area contributed by atoms with Gasteiger partial charge < -0.3 is 9.80 Å². The first-order valence-corrected chi connectivity index (χ1v) is 8.51. The maximum atomic E-state index is 13.4. The van der Waals surface area contributed by atoms with Crippen LogP contribution in [0.2, 0.25) is 0 Å². The lowest BCUT2D eigenvalue weighted by Crippen LogP contribution is -2.48. The van der Waals surface area contributed by atoms with Crippen LogP contribution in [0.1, 0.15) is 35.6 Å². The molecule has 0 heterocycles. The molecule has 1 aliphatic carbocycles. The average molecular weight is 322 g/mol. The number of rotatable bonds is 3. The maximum Gasteiger partial charge on any atom is 0.237 e. The third kappa shape index (κ3) is 2.53. The lowest BCUT2D eigenvalue weighted by Gasteiger charge is -2.44. The van der Waals surface area contributed by atoms with Crippen LogP contribution in [0.5, 0.6) is 0 Å². The van der Waals surface area contributed by atoms with E-state index in [1.807, 2.05) is 32.3 Å². The molecule has 0 bridgehead atoms. The number of hydrogen-bond donors (Lipinski definition) is 0. The largest absolute Gasteiger partial charge is 0.348 e. The van der Waals surface area contributed by atoms with Gasteiger partial charge in [0, 0.05) is 20.1 Å². The highest BCUT2D eigenvalue weighted by Crippen LogP contribution is 2.48. The molecule has 3 rings (SSSR count). The van der Waals surface area contributed by atoms with Crippen molar-refractivity contribution < 1.29 is 4.79 Å². The number of amides is 1. The minimum absolute atomic E-state index is 0.165. The Morgan fingerprint density at radius 1 is 0.958 bits per heavy atom. The summed E-state index contributed by atoms with van der Waals surface area (Å²) in [5.41, 5.74) is 2.93. The molecule has 2 aromatic rings. The van der Waals surface area contributed by atoms with Crippen LogP contribution >= 0.6 is 0 Å². The number of likely N-dealkylation sites (N-methyl/N-ethyl adjacent to an activating group) is 1. The Morgan fingerprint density at radius 2 is 1.58 bits per heavy atom. The van der Waals surface area contributed by atoms with E-state index in [1.54, 1.807) is 4.90 Å². The molecule has 0 aliphatic heterocycles. The molecule has 3 nitrogen and oxygen atoms in total. The molecule has 0 fully saturated rings. The second kappa shape index (κ2) is 6.40. The minimum atomic E-state index is -0.589. The summed E-state index contributed by atoms with van der Waals surface area (Å²) in [6.07, 6.45) is 1.80. The Bertz CT molecular complexity index is 724. The first-order valence-electron chi connectivity index (χ1n) is 8.51. The van der Waals surface area contributed by atoms with Gasteiger partial charge in [-0.25, -0.2) is 0 Å². The van der Waals surface area contributed by atoms with Crippen LogP contribution in [0.4, 0.5) is 0 Å². The zero-order valence-electron chi connectivity index (χ0n) is 15.0. The first kappa shape index (κ1) is 16.7. The molecule has 0 radical (unpaired) electrons. The van der Waals surface area contributed by atoms with E-state index >= 15 is 0 Å². The van der Waals surface area contributed by atoms with Gasteiger partial charge in [-0.1, -0.05) is 54.6 Å². The van der Waals surface area contributed by atoms with Gasteiger partial charge in [0.25, 0.3) is 0 Å². The molecule has 0 N–H and O–H groups in total. The van der Waals surface area contributed by atoms with Crippen molar-refractivity contribution in [2.24, 2.45) is 0 Å². The van der Waals surface area contributed by atoms with Crippen LogP contribution in [0.3, 0.4) is 0 Å². The standard InChI is InChI=1S/C21H26N2O/c1-22(2)19-14-15-21(20(24)23(3)4,16-10-6-5-7-11-16)18-13-9-8-12-17(18)19/h5-13,19H,14-15H2,1-4H3/t19-,21+/m0/s1. The number of benzene rings is 2. The molecule has 0 aromatic heterocycles. The van der Waals surface area contributed by atoms with Crippen molar-refractivity contribution >= 4 is 5.91 Å². The Kier molecular flexibility index (Phi) is 4.46. The second-order valence-electron chi connectivity index (χ2n) is 7.08. The molecule has 126 valence electrons. The van der Waals surface area contributed by atoms with E-state index < -0.39 is 5.41 Å². The van der Waals surface area contributed by atoms with Crippen LogP contribution in [0.25, 0.3) is 0 Å². The van der Waals surface area contributed by atoms with Crippen molar-refractivity contribution in [1.82, 2.24) is 9.80 Å². The molecule has 0 unspecified atom stereocenters. The summed E-state index contributed by atoms with van der Waals surface area (Å²) in [6.45, 7) is 0. The number of nitrogens with zero attached hydrogens (tertiary/aromatic N) is 2. The van der Waals surface area contributed by atoms with Crippen LogP contribution in [0, 0.1) is 0 Å². The van der Waals surface area contributed by atoms with E-state index in [4.69, 9.17) is 0 Å². The molecule has 1 aliphatic rings. The molecule has 0 spiro atoms. The first-order chi connectivity index (χ1) is 11.5. The van der Waals surface area contributed by atoms with E-state index in [0.717, 1.165) is 24.0 Å². The van der Waals surface area contributed by atoms with E-state index in [9.17, 15) is 4.79 Å². The lowest BCUT2D eigenvalue weighted by atomic mass is 9.63. The average Bonchev–Trinajstić information content (AvgIpc) is 2.60. The van der Waals surface area contributed by atoms with Crippen LogP contribution in [0.15, 0.2) is 54.6 Å². The molecule has 1 amide bonds. The van der Waals surface area contributed by atoms with Gasteiger partial charge in [-0.3, -0.25) is 4.79 Å². The summed E-state index contributed by atoms with van der Waals surface area (Å²) < 4.78 is 0. The topological polar surface area (TPSA) is 23.6 Å². The van der Waals surface area contributed by atoms with Crippen molar-refractivity contribution in [2.75, 3.05) is 28.2 Å². The van der Waals surface area contributed by atoms with Crippen molar-refractivity contribution in [2.45, 2.75) is 24.3 Å². The predicted octanol–water partition coefficient (Wildman–Crippen LogP) is 3.46. The predicted molar refractivity (Wildman–Crippen MR) is 98.0 cm³/mol. The van der Waals surface area contributed by atoms with Gasteiger partial charge in [0.05, 0.1) is 5.41 Å². The van der Waals surface area contributed by atoms with Gasteiger partial charge >= 0.3 is 0 Å². The van der Waals surface area contributed by atoms with Crippen LogP contribution in [-0.2, 0) is 10.2 Å². The summed E-state index contributed by atoms with van der Waals surface area (Å²) in [5.74, 6) is 0.165. The van der Waals surface area contributed by atoms with Gasteiger partial charge in [0.2, 0.25) is 5.91 Å². The molecular formula is C21H26N2O. The number of carbonyl (C=O) groups excluding carboxylic acids is 1. The molecule has 0 saturated carbocycles. The number of hydrogen-bond acceptors (Lipinski definition) is 2. The summed E-state index contributed by atoms with van der Waals surface area (Å²) in [6, 6.07) is 19.1. The van der Waals surface area contributed by atoms with E-state index in [-0.39, 0.29) is 5.91 Å². The third-order valence-electron chi connectivity index (χ3n) is 5.23. The summed E-state index contributed by atoms with van der Waals surface area (Å²) in [7, 11) is 7.94. The Hall–Kier alpha value is -2.13. The smallest absolute Gasteiger partial charge is 0.237 e. The van der Waals surface area contributed by atoms with Gasteiger partial charge in [0.1, 0.15) is 0 Å². The molecular weight excluding hydrogens is 296 g/mol. The Morgan fingerprint density at radius 3 is 2.21 bits per heavy atom. The zero-order chi connectivity index (χ0) is 17.3. The van der Waals surface area contributed by atoms with Gasteiger partial charge in [0.15, 0.2) is 0 Å².